The largest absolute Gasteiger partial charge is 0.494 e. The summed E-state index contributed by atoms with van der Waals surface area (Å²) >= 11 is 0. The van der Waals surface area contributed by atoms with Crippen LogP contribution in [0.1, 0.15) is 53.2 Å². The van der Waals surface area contributed by atoms with Crippen molar-refractivity contribution in [3.05, 3.63) is 99.3 Å². The Morgan fingerprint density at radius 1 is 1.09 bits per heavy atom. The van der Waals surface area contributed by atoms with Crippen molar-refractivity contribution in [3.8, 4) is 5.75 Å². The highest BCUT2D eigenvalue weighted by molar-refractivity contribution is 6.10. The molecule has 1 atom stereocenters. The standard InChI is InChI=1S/C27H23FN2O4/c1-3-4-13-33-19-9-6-8-17(14-19)24-23-25(31)20-15-18(28)11-12-21(20)34-26(23)27(32)30(24)22-10-5-7-16(2)29-22/h5-12,14-15,24H,3-4,13H2,1-2H3/t24-/m1/s1. The lowest BCUT2D eigenvalue weighted by Crippen LogP contribution is -2.30. The van der Waals surface area contributed by atoms with Crippen LogP contribution in [0.5, 0.6) is 5.75 Å². The molecule has 34 heavy (non-hydrogen) atoms. The van der Waals surface area contributed by atoms with Gasteiger partial charge in [0.1, 0.15) is 23.0 Å². The van der Waals surface area contributed by atoms with Crippen molar-refractivity contribution < 1.29 is 18.3 Å². The van der Waals surface area contributed by atoms with E-state index in [2.05, 4.69) is 11.9 Å². The lowest BCUT2D eigenvalue weighted by atomic mass is 9.98. The van der Waals surface area contributed by atoms with E-state index >= 15 is 0 Å². The van der Waals surface area contributed by atoms with Gasteiger partial charge in [0, 0.05) is 5.69 Å². The monoisotopic (exact) mass is 458 g/mol. The number of carbonyl (C=O) groups excluding carboxylic acids is 1. The minimum absolute atomic E-state index is 0.0604. The number of aromatic nitrogens is 1. The number of anilines is 1. The van der Waals surface area contributed by atoms with Gasteiger partial charge in [-0.3, -0.25) is 14.5 Å². The minimum atomic E-state index is -0.796. The number of benzene rings is 2. The second-order valence-corrected chi connectivity index (χ2v) is 8.30. The lowest BCUT2D eigenvalue weighted by molar-refractivity contribution is 0.0970. The van der Waals surface area contributed by atoms with Crippen molar-refractivity contribution in [2.24, 2.45) is 0 Å². The molecule has 0 bridgehead atoms. The molecule has 0 N–H and O–H groups in total. The van der Waals surface area contributed by atoms with E-state index in [1.807, 2.05) is 37.3 Å². The maximum atomic E-state index is 14.0. The van der Waals surface area contributed by atoms with Crippen molar-refractivity contribution in [1.29, 1.82) is 0 Å². The molecule has 3 heterocycles. The zero-order valence-electron chi connectivity index (χ0n) is 18.9. The van der Waals surface area contributed by atoms with Gasteiger partial charge in [0.05, 0.1) is 23.6 Å². The molecule has 0 saturated heterocycles. The number of ether oxygens (including phenoxy) is 1. The molecule has 1 aliphatic heterocycles. The fourth-order valence-corrected chi connectivity index (χ4v) is 4.27. The summed E-state index contributed by atoms with van der Waals surface area (Å²) in [6.07, 6.45) is 1.91. The van der Waals surface area contributed by atoms with Crippen LogP contribution in [0, 0.1) is 12.7 Å². The van der Waals surface area contributed by atoms with Gasteiger partial charge in [0.2, 0.25) is 5.76 Å². The average molecular weight is 458 g/mol. The zero-order valence-corrected chi connectivity index (χ0v) is 18.9. The highest BCUT2D eigenvalue weighted by Gasteiger charge is 2.44. The third-order valence-electron chi connectivity index (χ3n) is 5.89. The summed E-state index contributed by atoms with van der Waals surface area (Å²) in [5.74, 6) is -0.0498. The number of hydrogen-bond donors (Lipinski definition) is 0. The smallest absolute Gasteiger partial charge is 0.296 e. The Hall–Kier alpha value is -4.00. The molecule has 2 aromatic heterocycles. The molecule has 0 radical (unpaired) electrons. The van der Waals surface area contributed by atoms with E-state index in [-0.39, 0.29) is 22.3 Å². The van der Waals surface area contributed by atoms with E-state index in [4.69, 9.17) is 9.15 Å². The van der Waals surface area contributed by atoms with Crippen molar-refractivity contribution in [2.45, 2.75) is 32.7 Å². The molecule has 7 heteroatoms. The Balaban J connectivity index is 1.72. The first kappa shape index (κ1) is 21.8. The minimum Gasteiger partial charge on any atom is -0.494 e. The number of rotatable bonds is 6. The fourth-order valence-electron chi connectivity index (χ4n) is 4.27. The normalized spacial score (nSPS) is 15.1. The molecular formula is C27H23FN2O4. The van der Waals surface area contributed by atoms with Gasteiger partial charge in [-0.05, 0) is 61.4 Å². The topological polar surface area (TPSA) is 72.6 Å². The molecule has 6 nitrogen and oxygen atoms in total. The molecular weight excluding hydrogens is 435 g/mol. The van der Waals surface area contributed by atoms with E-state index in [1.54, 1.807) is 12.1 Å². The van der Waals surface area contributed by atoms with E-state index in [0.29, 0.717) is 23.7 Å². The molecule has 4 aromatic rings. The maximum Gasteiger partial charge on any atom is 0.296 e. The van der Waals surface area contributed by atoms with Crippen LogP contribution in [-0.4, -0.2) is 17.5 Å². The molecule has 0 saturated carbocycles. The van der Waals surface area contributed by atoms with E-state index < -0.39 is 23.2 Å². The quantitative estimate of drug-likeness (QED) is 0.354. The molecule has 2 aromatic carbocycles. The number of aryl methyl sites for hydroxylation is 1. The van der Waals surface area contributed by atoms with Crippen LogP contribution in [0.15, 0.2) is 69.9 Å². The summed E-state index contributed by atoms with van der Waals surface area (Å²) in [4.78, 5) is 33.2. The van der Waals surface area contributed by atoms with Crippen molar-refractivity contribution in [3.63, 3.8) is 0 Å². The number of unbranched alkanes of at least 4 members (excludes halogenated alkanes) is 1. The van der Waals surface area contributed by atoms with Crippen LogP contribution in [0.4, 0.5) is 10.2 Å². The molecule has 5 rings (SSSR count). The lowest BCUT2D eigenvalue weighted by Gasteiger charge is -2.24. The van der Waals surface area contributed by atoms with E-state index in [9.17, 15) is 14.0 Å². The van der Waals surface area contributed by atoms with Crippen molar-refractivity contribution >= 4 is 22.7 Å². The van der Waals surface area contributed by atoms with Crippen LogP contribution in [0.3, 0.4) is 0 Å². The molecule has 172 valence electrons. The average Bonchev–Trinajstić information content (AvgIpc) is 3.12. The first-order valence-electron chi connectivity index (χ1n) is 11.2. The van der Waals surface area contributed by atoms with E-state index in [0.717, 1.165) is 24.6 Å². The first-order chi connectivity index (χ1) is 16.5. The van der Waals surface area contributed by atoms with Gasteiger partial charge in [0.25, 0.3) is 5.91 Å². The summed E-state index contributed by atoms with van der Waals surface area (Å²) in [5.41, 5.74) is 1.28. The number of pyridine rings is 1. The van der Waals surface area contributed by atoms with Gasteiger partial charge < -0.3 is 9.15 Å². The zero-order chi connectivity index (χ0) is 23.8. The van der Waals surface area contributed by atoms with Gasteiger partial charge >= 0.3 is 0 Å². The number of hydrogen-bond acceptors (Lipinski definition) is 5. The van der Waals surface area contributed by atoms with E-state index in [1.165, 1.54) is 17.0 Å². The number of amides is 1. The number of nitrogens with zero attached hydrogens (tertiary/aromatic N) is 2. The number of carbonyl (C=O) groups is 1. The predicted molar refractivity (Wildman–Crippen MR) is 127 cm³/mol. The van der Waals surface area contributed by atoms with Crippen LogP contribution in [-0.2, 0) is 0 Å². The summed E-state index contributed by atoms with van der Waals surface area (Å²) < 4.78 is 25.7. The van der Waals surface area contributed by atoms with Crippen LogP contribution < -0.4 is 15.1 Å². The second kappa shape index (κ2) is 8.74. The summed E-state index contributed by atoms with van der Waals surface area (Å²) in [6, 6.07) is 15.6. The fraction of sp³-hybridized carbons (Fsp3) is 0.222. The van der Waals surface area contributed by atoms with Gasteiger partial charge in [-0.25, -0.2) is 9.37 Å². The summed E-state index contributed by atoms with van der Waals surface area (Å²) in [5, 5.41) is 0.0888. The van der Waals surface area contributed by atoms with Gasteiger partial charge in [-0.15, -0.1) is 0 Å². The molecule has 0 fully saturated rings. The second-order valence-electron chi connectivity index (χ2n) is 8.30. The molecule has 0 aliphatic carbocycles. The summed E-state index contributed by atoms with van der Waals surface area (Å²) in [6.45, 7) is 4.48. The molecule has 1 amide bonds. The van der Waals surface area contributed by atoms with Crippen molar-refractivity contribution in [1.82, 2.24) is 4.98 Å². The number of halogens is 1. The predicted octanol–water partition coefficient (Wildman–Crippen LogP) is 5.56. The SMILES string of the molecule is CCCCOc1cccc([C@@H]2c3c(oc4ccc(F)cc4c3=O)C(=O)N2c2cccc(C)n2)c1. The van der Waals surface area contributed by atoms with Gasteiger partial charge in [0.15, 0.2) is 5.43 Å². The first-order valence-corrected chi connectivity index (χ1v) is 11.2. The molecule has 1 aliphatic rings. The Morgan fingerprint density at radius 3 is 2.71 bits per heavy atom. The van der Waals surface area contributed by atoms with Gasteiger partial charge in [-0.2, -0.15) is 0 Å². The third kappa shape index (κ3) is 3.73. The number of fused-ring (bicyclic) bond motifs is 2. The highest BCUT2D eigenvalue weighted by atomic mass is 19.1. The van der Waals surface area contributed by atoms with Crippen LogP contribution in [0.2, 0.25) is 0 Å². The molecule has 0 unspecified atom stereocenters. The van der Waals surface area contributed by atoms with Crippen LogP contribution >= 0.6 is 0 Å². The maximum absolute atomic E-state index is 14.0. The Bertz CT molecular complexity index is 1460. The van der Waals surface area contributed by atoms with Crippen LogP contribution in [0.25, 0.3) is 11.0 Å². The Kier molecular flexibility index (Phi) is 5.61. The van der Waals surface area contributed by atoms with Crippen molar-refractivity contribution in [2.75, 3.05) is 11.5 Å². The Labute approximate surface area is 195 Å². The highest BCUT2D eigenvalue weighted by Crippen LogP contribution is 2.41. The summed E-state index contributed by atoms with van der Waals surface area (Å²) in [7, 11) is 0. The third-order valence-corrected chi connectivity index (χ3v) is 5.89. The Morgan fingerprint density at radius 2 is 1.91 bits per heavy atom. The van der Waals surface area contributed by atoms with Gasteiger partial charge in [-0.1, -0.05) is 31.5 Å². The molecule has 0 spiro atoms.